The molecule has 0 aliphatic carbocycles. The summed E-state index contributed by atoms with van der Waals surface area (Å²) in [4.78, 5) is 21.9. The molecule has 31 heavy (non-hydrogen) atoms. The Labute approximate surface area is 182 Å². The number of hydrogen-bond acceptors (Lipinski definition) is 8. The van der Waals surface area contributed by atoms with Gasteiger partial charge in [0, 0.05) is 37.4 Å². The van der Waals surface area contributed by atoms with Crippen LogP contribution < -0.4 is 4.90 Å². The van der Waals surface area contributed by atoms with Crippen molar-refractivity contribution in [1.82, 2.24) is 25.1 Å². The summed E-state index contributed by atoms with van der Waals surface area (Å²) >= 11 is 6.04. The number of piperazine rings is 1. The van der Waals surface area contributed by atoms with Gasteiger partial charge in [-0.05, 0) is 31.9 Å². The molecule has 1 aliphatic heterocycles. The van der Waals surface area contributed by atoms with Gasteiger partial charge in [-0.25, -0.2) is 9.97 Å². The van der Waals surface area contributed by atoms with E-state index >= 15 is 0 Å². The Balaban J connectivity index is 1.89. The number of halogens is 4. The van der Waals surface area contributed by atoms with E-state index < -0.39 is 17.9 Å². The van der Waals surface area contributed by atoms with Gasteiger partial charge in [-0.15, -0.1) is 10.2 Å². The molecule has 1 aliphatic rings. The van der Waals surface area contributed by atoms with Gasteiger partial charge in [-0.3, -0.25) is 9.69 Å². The van der Waals surface area contributed by atoms with Crippen molar-refractivity contribution in [2.24, 2.45) is 0 Å². The third-order valence-corrected chi connectivity index (χ3v) is 5.87. The molecule has 12 heteroatoms. The van der Waals surface area contributed by atoms with E-state index in [0.29, 0.717) is 30.6 Å². The first kappa shape index (κ1) is 23.1. The van der Waals surface area contributed by atoms with Crippen LogP contribution in [0.2, 0.25) is 5.15 Å². The lowest BCUT2D eigenvalue weighted by atomic mass is 10.0. The van der Waals surface area contributed by atoms with Crippen molar-refractivity contribution in [3.05, 3.63) is 40.1 Å². The monoisotopic (exact) mass is 458 g/mol. The van der Waals surface area contributed by atoms with Crippen molar-refractivity contribution in [2.45, 2.75) is 39.0 Å². The second-order valence-corrected chi connectivity index (χ2v) is 7.73. The molecular formula is C19H22ClF3N6O2. The van der Waals surface area contributed by atoms with Crippen molar-refractivity contribution in [2.75, 3.05) is 31.1 Å². The first-order chi connectivity index (χ1) is 14.6. The van der Waals surface area contributed by atoms with Gasteiger partial charge in [0.05, 0.1) is 6.04 Å². The smallest absolute Gasteiger partial charge is 0.433 e. The summed E-state index contributed by atoms with van der Waals surface area (Å²) in [5.74, 6) is 0.688. The van der Waals surface area contributed by atoms with Crippen LogP contribution >= 0.6 is 11.6 Å². The highest BCUT2D eigenvalue weighted by Crippen LogP contribution is 2.36. The molecule has 2 atom stereocenters. The summed E-state index contributed by atoms with van der Waals surface area (Å²) in [5, 5.41) is 8.52. The lowest BCUT2D eigenvalue weighted by Crippen LogP contribution is -2.54. The average molecular weight is 459 g/mol. The largest absolute Gasteiger partial charge is 0.466 e. The molecule has 1 fully saturated rings. The number of alkyl halides is 3. The molecule has 1 saturated heterocycles. The number of nitrogens with zero attached hydrogens (tertiary/aromatic N) is 6. The van der Waals surface area contributed by atoms with E-state index in [-0.39, 0.29) is 24.7 Å². The van der Waals surface area contributed by atoms with Crippen LogP contribution in [0.15, 0.2) is 12.5 Å². The molecule has 0 amide bonds. The van der Waals surface area contributed by atoms with Gasteiger partial charge >= 0.3 is 6.18 Å². The normalized spacial score (nSPS) is 18.7. The molecule has 0 radical (unpaired) electrons. The first-order valence-electron chi connectivity index (χ1n) is 9.57. The Bertz CT molecular complexity index is 945. The van der Waals surface area contributed by atoms with E-state index in [9.17, 15) is 18.0 Å². The predicted molar refractivity (Wildman–Crippen MR) is 107 cm³/mol. The number of carbonyl (C=O) groups excluding carboxylic acids is 1. The summed E-state index contributed by atoms with van der Waals surface area (Å²) in [7, 11) is 0. The van der Waals surface area contributed by atoms with Gasteiger partial charge < -0.3 is 9.64 Å². The van der Waals surface area contributed by atoms with E-state index in [1.165, 1.54) is 0 Å². The highest BCUT2D eigenvalue weighted by Gasteiger charge is 2.40. The number of carbonyl (C=O) groups is 1. The Hall–Kier alpha value is -2.53. The van der Waals surface area contributed by atoms with E-state index in [2.05, 4.69) is 20.2 Å². The zero-order chi connectivity index (χ0) is 22.8. The summed E-state index contributed by atoms with van der Waals surface area (Å²) in [6, 6.07) is -1.04. The van der Waals surface area contributed by atoms with Crippen molar-refractivity contribution < 1.29 is 22.7 Å². The second kappa shape index (κ2) is 9.31. The number of aromatic nitrogens is 4. The van der Waals surface area contributed by atoms with Crippen molar-refractivity contribution >= 4 is 23.9 Å². The topological polar surface area (TPSA) is 84.3 Å². The van der Waals surface area contributed by atoms with E-state index in [1.807, 2.05) is 30.6 Å². The van der Waals surface area contributed by atoms with Crippen molar-refractivity contribution in [3.8, 4) is 0 Å². The molecule has 0 saturated carbocycles. The average Bonchev–Trinajstić information content (AvgIpc) is 2.73. The van der Waals surface area contributed by atoms with E-state index in [0.717, 1.165) is 23.7 Å². The fraction of sp³-hybridized carbons (Fsp3) is 0.526. The highest BCUT2D eigenvalue weighted by molar-refractivity contribution is 6.30. The molecule has 0 N–H and O–H groups in total. The minimum Gasteiger partial charge on any atom is -0.466 e. The molecule has 8 nitrogen and oxygen atoms in total. The molecule has 2 aromatic heterocycles. The standard InChI is InChI=1S/C19H22ClF3N6O2/c1-11-7-28(18-13(3)12(2)17(20)26-27-18)4-5-29(11)15(8-31-10-30)14-6-24-9-25-16(14)19(21,22)23/h6,9-11,15H,4-5,7-8H2,1-3H3. The molecule has 0 aromatic carbocycles. The summed E-state index contributed by atoms with van der Waals surface area (Å²) in [6.07, 6.45) is -2.67. The highest BCUT2D eigenvalue weighted by atomic mass is 35.5. The fourth-order valence-corrected chi connectivity index (χ4v) is 3.99. The van der Waals surface area contributed by atoms with Crippen molar-refractivity contribution in [3.63, 3.8) is 0 Å². The SMILES string of the molecule is Cc1c(Cl)nnc(N2CCN(C(COC=O)c3cncnc3C(F)(F)F)C(C)C2)c1C. The number of ether oxygens (including phenoxy) is 1. The summed E-state index contributed by atoms with van der Waals surface area (Å²) in [5.41, 5.74) is 0.565. The van der Waals surface area contributed by atoms with Gasteiger partial charge in [0.25, 0.3) is 6.47 Å². The van der Waals surface area contributed by atoms with Crippen LogP contribution in [0.1, 0.15) is 35.3 Å². The molecule has 2 unspecified atom stereocenters. The second-order valence-electron chi connectivity index (χ2n) is 7.37. The van der Waals surface area contributed by atoms with Gasteiger partial charge in [0.2, 0.25) is 0 Å². The molecular weight excluding hydrogens is 437 g/mol. The zero-order valence-corrected chi connectivity index (χ0v) is 18.0. The summed E-state index contributed by atoms with van der Waals surface area (Å²) in [6.45, 7) is 7.02. The lowest BCUT2D eigenvalue weighted by Gasteiger charge is -2.44. The third-order valence-electron chi connectivity index (χ3n) is 5.51. The van der Waals surface area contributed by atoms with Gasteiger partial charge in [-0.2, -0.15) is 13.2 Å². The Morgan fingerprint density at radius 1 is 1.29 bits per heavy atom. The third kappa shape index (κ3) is 4.87. The fourth-order valence-electron chi connectivity index (χ4n) is 3.81. The molecule has 0 spiro atoms. The van der Waals surface area contributed by atoms with Crippen LogP contribution in [0, 0.1) is 13.8 Å². The minimum atomic E-state index is -4.66. The van der Waals surface area contributed by atoms with Crippen LogP contribution in [0.3, 0.4) is 0 Å². The Morgan fingerprint density at radius 3 is 2.68 bits per heavy atom. The number of rotatable bonds is 6. The van der Waals surface area contributed by atoms with Crippen LogP contribution in [0.25, 0.3) is 0 Å². The van der Waals surface area contributed by atoms with E-state index in [1.54, 1.807) is 0 Å². The minimum absolute atomic E-state index is 0.129. The molecule has 2 aromatic rings. The predicted octanol–water partition coefficient (Wildman–Crippen LogP) is 2.98. The maximum Gasteiger partial charge on any atom is 0.433 e. The van der Waals surface area contributed by atoms with Crippen LogP contribution in [0.4, 0.5) is 19.0 Å². The maximum atomic E-state index is 13.5. The van der Waals surface area contributed by atoms with Crippen LogP contribution in [-0.2, 0) is 15.7 Å². The van der Waals surface area contributed by atoms with Gasteiger partial charge in [-0.1, -0.05) is 11.6 Å². The zero-order valence-electron chi connectivity index (χ0n) is 17.2. The Morgan fingerprint density at radius 2 is 2.03 bits per heavy atom. The molecule has 0 bridgehead atoms. The quantitative estimate of drug-likeness (QED) is 0.611. The van der Waals surface area contributed by atoms with Crippen molar-refractivity contribution in [1.29, 1.82) is 0 Å². The lowest BCUT2D eigenvalue weighted by molar-refractivity contribution is -0.143. The first-order valence-corrected chi connectivity index (χ1v) is 9.95. The summed E-state index contributed by atoms with van der Waals surface area (Å²) < 4.78 is 45.5. The van der Waals surface area contributed by atoms with Gasteiger partial charge in [0.15, 0.2) is 16.7 Å². The maximum absolute atomic E-state index is 13.5. The number of hydrogen-bond donors (Lipinski definition) is 0. The van der Waals surface area contributed by atoms with Gasteiger partial charge in [0.1, 0.15) is 12.9 Å². The van der Waals surface area contributed by atoms with Crippen LogP contribution in [-0.4, -0.2) is 63.8 Å². The Kier molecular flexibility index (Phi) is 6.95. The van der Waals surface area contributed by atoms with E-state index in [4.69, 9.17) is 16.3 Å². The number of anilines is 1. The van der Waals surface area contributed by atoms with Crippen LogP contribution in [0.5, 0.6) is 0 Å². The molecule has 3 heterocycles. The molecule has 3 rings (SSSR count). The molecule has 168 valence electrons.